The zero-order chi connectivity index (χ0) is 32.8. The molecule has 0 radical (unpaired) electrons. The van der Waals surface area contributed by atoms with Crippen molar-refractivity contribution in [3.8, 4) is 12.1 Å². The van der Waals surface area contributed by atoms with Crippen molar-refractivity contribution in [2.24, 2.45) is 0 Å². The Morgan fingerprint density at radius 2 is 0.812 bits per heavy atom. The Hall–Kier alpha value is -6.76. The van der Waals surface area contributed by atoms with Gasteiger partial charge in [0.1, 0.15) is 23.8 Å². The van der Waals surface area contributed by atoms with Crippen molar-refractivity contribution >= 4 is 66.4 Å². The molecule has 0 aliphatic rings. The Kier molecular flexibility index (Phi) is 6.91. The minimum absolute atomic E-state index is 0.303. The van der Waals surface area contributed by atoms with E-state index < -0.39 is 11.6 Å². The highest BCUT2D eigenvalue weighted by Crippen LogP contribution is 2.50. The molecule has 6 heteroatoms. The van der Waals surface area contributed by atoms with Crippen LogP contribution in [0.1, 0.15) is 11.1 Å². The molecule has 0 N–H and O–H groups in total. The van der Waals surface area contributed by atoms with Crippen molar-refractivity contribution in [1.82, 2.24) is 0 Å². The molecule has 8 aromatic rings. The zero-order valence-electron chi connectivity index (χ0n) is 25.4. The van der Waals surface area contributed by atoms with E-state index in [-0.39, 0.29) is 0 Å². The molecule has 0 heterocycles. The van der Waals surface area contributed by atoms with Gasteiger partial charge in [-0.25, -0.2) is 8.78 Å². The molecule has 226 valence electrons. The van der Waals surface area contributed by atoms with E-state index in [4.69, 9.17) is 0 Å². The maximum Gasteiger partial charge on any atom is 0.147 e. The number of nitriles is 2. The van der Waals surface area contributed by atoms with Crippen LogP contribution in [0.2, 0.25) is 0 Å². The molecule has 0 fully saturated rings. The van der Waals surface area contributed by atoms with E-state index in [1.807, 2.05) is 97.1 Å². The van der Waals surface area contributed by atoms with Gasteiger partial charge in [-0.15, -0.1) is 0 Å². The summed E-state index contributed by atoms with van der Waals surface area (Å²) in [6.07, 6.45) is 0. The first-order chi connectivity index (χ1) is 23.6. The van der Waals surface area contributed by atoms with Crippen LogP contribution in [-0.2, 0) is 0 Å². The monoisotopic (exact) mass is 622 g/mol. The molecule has 0 aliphatic carbocycles. The van der Waals surface area contributed by atoms with Gasteiger partial charge in [0.25, 0.3) is 0 Å². The van der Waals surface area contributed by atoms with Crippen molar-refractivity contribution in [1.29, 1.82) is 10.5 Å². The first kappa shape index (κ1) is 28.7. The summed E-state index contributed by atoms with van der Waals surface area (Å²) in [5, 5.41) is 25.9. The highest BCUT2D eigenvalue weighted by Gasteiger charge is 2.27. The van der Waals surface area contributed by atoms with Gasteiger partial charge in [0, 0.05) is 22.1 Å². The summed E-state index contributed by atoms with van der Waals surface area (Å²) in [6, 6.07) is 48.0. The highest BCUT2D eigenvalue weighted by atomic mass is 19.1. The summed E-state index contributed by atoms with van der Waals surface area (Å²) in [5.74, 6) is -0.861. The Labute approximate surface area is 275 Å². The van der Waals surface area contributed by atoms with Crippen LogP contribution in [0.5, 0.6) is 0 Å². The van der Waals surface area contributed by atoms with Crippen LogP contribution < -0.4 is 9.80 Å². The number of nitrogens with zero attached hydrogens (tertiary/aromatic N) is 4. The minimum atomic E-state index is -0.430. The van der Waals surface area contributed by atoms with Crippen molar-refractivity contribution < 1.29 is 8.78 Å². The van der Waals surface area contributed by atoms with Gasteiger partial charge in [-0.2, -0.15) is 10.5 Å². The van der Waals surface area contributed by atoms with E-state index >= 15 is 8.78 Å². The van der Waals surface area contributed by atoms with E-state index in [0.717, 1.165) is 32.3 Å². The standard InChI is InChI=1S/C42H24F2N4/c43-35-15-7-9-17-37(35)47(31-11-3-1-4-12-31)41-29(25-45)23-27-20-22-34-40-28(19-21-33(41)39(27)40)24-30(26-46)42(34)48(32-13-5-2-6-14-32)38-18-10-8-16-36(38)44/h1-24H. The van der Waals surface area contributed by atoms with Crippen LogP contribution in [0.4, 0.5) is 42.9 Å². The molecule has 48 heavy (non-hydrogen) atoms. The first-order valence-corrected chi connectivity index (χ1v) is 15.4. The lowest BCUT2D eigenvalue weighted by Gasteiger charge is -2.30. The Balaban J connectivity index is 1.51. The lowest BCUT2D eigenvalue weighted by molar-refractivity contribution is 0.628. The van der Waals surface area contributed by atoms with Crippen LogP contribution in [0, 0.1) is 34.3 Å². The molecule has 0 aliphatic heterocycles. The van der Waals surface area contributed by atoms with Crippen LogP contribution in [0.25, 0.3) is 32.3 Å². The number of hydrogen-bond acceptors (Lipinski definition) is 4. The predicted octanol–water partition coefficient (Wildman–Crippen LogP) is 11.5. The molecule has 0 amide bonds. The SMILES string of the molecule is N#Cc1cc2ccc3c(N(c4ccccc4)c4ccccc4F)c(C#N)cc4ccc(c1N(c1ccccc1)c1ccccc1F)c2c43. The summed E-state index contributed by atoms with van der Waals surface area (Å²) in [7, 11) is 0. The largest absolute Gasteiger partial charge is 0.306 e. The fourth-order valence-electron chi connectivity index (χ4n) is 6.77. The molecular formula is C42H24F2N4. The number of rotatable bonds is 6. The molecule has 0 saturated heterocycles. The third-order valence-electron chi connectivity index (χ3n) is 8.75. The highest BCUT2D eigenvalue weighted by molar-refractivity contribution is 6.29. The van der Waals surface area contributed by atoms with Crippen molar-refractivity contribution in [2.45, 2.75) is 0 Å². The number of halogens is 2. The lowest BCUT2D eigenvalue weighted by Crippen LogP contribution is -2.14. The van der Waals surface area contributed by atoms with Gasteiger partial charge < -0.3 is 9.80 Å². The molecule has 0 spiro atoms. The van der Waals surface area contributed by atoms with Crippen molar-refractivity contribution in [3.05, 3.63) is 168 Å². The second-order valence-corrected chi connectivity index (χ2v) is 11.4. The molecule has 0 atom stereocenters. The average molecular weight is 623 g/mol. The summed E-state index contributed by atoms with van der Waals surface area (Å²) in [6.45, 7) is 0. The predicted molar refractivity (Wildman–Crippen MR) is 189 cm³/mol. The quantitative estimate of drug-likeness (QED) is 0.173. The maximum absolute atomic E-state index is 15.6. The summed E-state index contributed by atoms with van der Waals surface area (Å²) in [4.78, 5) is 3.58. The van der Waals surface area contributed by atoms with E-state index in [2.05, 4.69) is 12.1 Å². The number of para-hydroxylation sites is 4. The molecular weight excluding hydrogens is 598 g/mol. The topological polar surface area (TPSA) is 54.1 Å². The minimum Gasteiger partial charge on any atom is -0.306 e. The van der Waals surface area contributed by atoms with Crippen molar-refractivity contribution in [2.75, 3.05) is 9.80 Å². The molecule has 8 rings (SSSR count). The second-order valence-electron chi connectivity index (χ2n) is 11.4. The molecule has 0 unspecified atom stereocenters. The third kappa shape index (κ3) is 4.47. The zero-order valence-corrected chi connectivity index (χ0v) is 25.4. The first-order valence-electron chi connectivity index (χ1n) is 15.4. The molecule has 0 saturated carbocycles. The van der Waals surface area contributed by atoms with Crippen molar-refractivity contribution in [3.63, 3.8) is 0 Å². The molecule has 4 nitrogen and oxygen atoms in total. The summed E-state index contributed by atoms with van der Waals surface area (Å²) >= 11 is 0. The normalized spacial score (nSPS) is 11.1. The Morgan fingerprint density at radius 3 is 1.19 bits per heavy atom. The third-order valence-corrected chi connectivity index (χ3v) is 8.75. The Bertz CT molecular complexity index is 2390. The van der Waals surface area contributed by atoms with Gasteiger partial charge in [0.15, 0.2) is 0 Å². The van der Waals surface area contributed by atoms with E-state index in [9.17, 15) is 10.5 Å². The fraction of sp³-hybridized carbons (Fsp3) is 0. The van der Waals surface area contributed by atoms with Gasteiger partial charge in [-0.05, 0) is 82.2 Å². The van der Waals surface area contributed by atoms with E-state index in [1.54, 1.807) is 46.2 Å². The number of anilines is 6. The van der Waals surface area contributed by atoms with Crippen LogP contribution in [0.15, 0.2) is 146 Å². The van der Waals surface area contributed by atoms with Gasteiger partial charge >= 0.3 is 0 Å². The average Bonchev–Trinajstić information content (AvgIpc) is 3.13. The smallest absolute Gasteiger partial charge is 0.147 e. The number of benzene rings is 8. The van der Waals surface area contributed by atoms with Gasteiger partial charge in [-0.3, -0.25) is 0 Å². The van der Waals surface area contributed by atoms with Gasteiger partial charge in [-0.1, -0.05) is 84.9 Å². The van der Waals surface area contributed by atoms with Crippen LogP contribution >= 0.6 is 0 Å². The second kappa shape index (κ2) is 11.6. The fourth-order valence-corrected chi connectivity index (χ4v) is 6.77. The summed E-state index contributed by atoms with van der Waals surface area (Å²) in [5.41, 5.74) is 3.82. The Morgan fingerprint density at radius 1 is 0.438 bits per heavy atom. The van der Waals surface area contributed by atoms with Gasteiger partial charge in [0.05, 0.1) is 33.9 Å². The molecule has 0 aromatic heterocycles. The molecule has 0 bridgehead atoms. The molecule has 8 aromatic carbocycles. The number of hydrogen-bond donors (Lipinski definition) is 0. The van der Waals surface area contributed by atoms with Crippen LogP contribution in [-0.4, -0.2) is 0 Å². The summed E-state index contributed by atoms with van der Waals surface area (Å²) < 4.78 is 31.3. The lowest BCUT2D eigenvalue weighted by atomic mass is 9.88. The van der Waals surface area contributed by atoms with Gasteiger partial charge in [0.2, 0.25) is 0 Å². The van der Waals surface area contributed by atoms with E-state index in [0.29, 0.717) is 45.3 Å². The van der Waals surface area contributed by atoms with E-state index in [1.165, 1.54) is 12.1 Å². The van der Waals surface area contributed by atoms with Crippen LogP contribution in [0.3, 0.4) is 0 Å². The maximum atomic E-state index is 15.6.